The topological polar surface area (TPSA) is 80.0 Å². The van der Waals surface area contributed by atoms with Crippen LogP contribution in [0, 0.1) is 6.92 Å². The fourth-order valence-electron chi connectivity index (χ4n) is 2.38. The number of hydrogen-bond donors (Lipinski definition) is 2. The number of rotatable bonds is 6. The minimum absolute atomic E-state index is 0.215. The smallest absolute Gasteiger partial charge is 0.319 e. The summed E-state index contributed by atoms with van der Waals surface area (Å²) in [6.07, 6.45) is 4.61. The average molecular weight is 362 g/mol. The number of aryl methyl sites for hydroxylation is 1. The number of carbonyl (C=O) groups excluding carboxylic acids is 1. The molecule has 27 heavy (non-hydrogen) atoms. The Morgan fingerprint density at radius 1 is 1.07 bits per heavy atom. The second-order valence-corrected chi connectivity index (χ2v) is 6.16. The number of benzene rings is 2. The quantitative estimate of drug-likeness (QED) is 0.663. The first kappa shape index (κ1) is 18.4. The maximum atomic E-state index is 11.7. The van der Waals surface area contributed by atoms with Gasteiger partial charge in [-0.1, -0.05) is 41.9 Å². The Morgan fingerprint density at radius 2 is 1.81 bits per heavy atom. The molecule has 3 aromatic rings. The lowest BCUT2D eigenvalue weighted by Crippen LogP contribution is -2.29. The van der Waals surface area contributed by atoms with Crippen LogP contribution in [0.3, 0.4) is 0 Å². The van der Waals surface area contributed by atoms with Crippen LogP contribution in [-0.4, -0.2) is 22.7 Å². The molecule has 3 rings (SSSR count). The van der Waals surface area contributed by atoms with Crippen molar-refractivity contribution in [2.45, 2.75) is 20.3 Å². The van der Waals surface area contributed by atoms with Gasteiger partial charge < -0.3 is 15.2 Å². The highest BCUT2D eigenvalue weighted by Gasteiger charge is 2.07. The Bertz CT molecular complexity index is 912. The summed E-state index contributed by atoms with van der Waals surface area (Å²) in [5, 5.41) is 9.55. The fraction of sp³-hybridized carbons (Fsp3) is 0.190. The summed E-state index contributed by atoms with van der Waals surface area (Å²) in [5.41, 5.74) is 3.80. The van der Waals surface area contributed by atoms with E-state index in [-0.39, 0.29) is 6.03 Å². The van der Waals surface area contributed by atoms with E-state index in [1.807, 2.05) is 37.3 Å². The standard InChI is InChI=1S/C21H22N4O2/c1-3-14-22-21(26)23-18-11-9-17(10-12-18)20-24-19(27-25-20)13-8-16-6-4-15(2)5-7-16/h4-13H,3,14H2,1-2H3,(H2,22,23,26)/b13-8+. The highest BCUT2D eigenvalue weighted by atomic mass is 16.5. The first-order valence-corrected chi connectivity index (χ1v) is 8.88. The molecule has 0 aliphatic rings. The van der Waals surface area contributed by atoms with E-state index in [2.05, 4.69) is 39.8 Å². The SMILES string of the molecule is CCCNC(=O)Nc1ccc(-c2noc(/C=C/c3ccc(C)cc3)n2)cc1. The van der Waals surface area contributed by atoms with Crippen LogP contribution in [0.5, 0.6) is 0 Å². The van der Waals surface area contributed by atoms with Gasteiger partial charge in [0, 0.05) is 23.9 Å². The molecule has 0 bridgehead atoms. The summed E-state index contributed by atoms with van der Waals surface area (Å²) in [5.74, 6) is 0.937. The molecule has 0 saturated heterocycles. The van der Waals surface area contributed by atoms with Gasteiger partial charge in [0.05, 0.1) is 0 Å². The summed E-state index contributed by atoms with van der Waals surface area (Å²) < 4.78 is 5.28. The van der Waals surface area contributed by atoms with Crippen LogP contribution < -0.4 is 10.6 Å². The lowest BCUT2D eigenvalue weighted by Gasteiger charge is -2.06. The van der Waals surface area contributed by atoms with E-state index in [9.17, 15) is 4.79 Å². The van der Waals surface area contributed by atoms with Gasteiger partial charge in [0.15, 0.2) is 0 Å². The van der Waals surface area contributed by atoms with Crippen LogP contribution in [0.2, 0.25) is 0 Å². The zero-order chi connectivity index (χ0) is 19.1. The highest BCUT2D eigenvalue weighted by Crippen LogP contribution is 2.19. The molecule has 2 amide bonds. The Hall–Kier alpha value is -3.41. The van der Waals surface area contributed by atoms with Crippen molar-refractivity contribution in [2.24, 2.45) is 0 Å². The van der Waals surface area contributed by atoms with Gasteiger partial charge in [-0.15, -0.1) is 0 Å². The first-order chi connectivity index (χ1) is 13.1. The maximum Gasteiger partial charge on any atom is 0.319 e. The molecule has 2 aromatic carbocycles. The number of nitrogens with one attached hydrogen (secondary N) is 2. The van der Waals surface area contributed by atoms with E-state index >= 15 is 0 Å². The van der Waals surface area contributed by atoms with Crippen molar-refractivity contribution in [3.05, 3.63) is 65.5 Å². The van der Waals surface area contributed by atoms with E-state index in [4.69, 9.17) is 4.52 Å². The van der Waals surface area contributed by atoms with Gasteiger partial charge in [-0.25, -0.2) is 4.79 Å². The molecular weight excluding hydrogens is 340 g/mol. The summed E-state index contributed by atoms with van der Waals surface area (Å²) >= 11 is 0. The second kappa shape index (κ2) is 8.80. The Labute approximate surface area is 158 Å². The predicted molar refractivity (Wildman–Crippen MR) is 107 cm³/mol. The third-order valence-corrected chi connectivity index (χ3v) is 3.87. The van der Waals surface area contributed by atoms with Crippen LogP contribution in [0.4, 0.5) is 10.5 Å². The monoisotopic (exact) mass is 362 g/mol. The third-order valence-electron chi connectivity index (χ3n) is 3.87. The van der Waals surface area contributed by atoms with Crippen molar-refractivity contribution >= 4 is 23.9 Å². The van der Waals surface area contributed by atoms with Crippen molar-refractivity contribution in [1.82, 2.24) is 15.5 Å². The van der Waals surface area contributed by atoms with Crippen molar-refractivity contribution in [3.8, 4) is 11.4 Å². The van der Waals surface area contributed by atoms with Crippen LogP contribution in [0.15, 0.2) is 53.1 Å². The molecule has 138 valence electrons. The number of hydrogen-bond acceptors (Lipinski definition) is 4. The largest absolute Gasteiger partial charge is 0.338 e. The Morgan fingerprint density at radius 3 is 2.52 bits per heavy atom. The second-order valence-electron chi connectivity index (χ2n) is 6.16. The van der Waals surface area contributed by atoms with Crippen LogP contribution in [0.25, 0.3) is 23.5 Å². The number of nitrogens with zero attached hydrogens (tertiary/aromatic N) is 2. The van der Waals surface area contributed by atoms with Gasteiger partial charge in [-0.05, 0) is 49.2 Å². The van der Waals surface area contributed by atoms with Crippen LogP contribution in [0.1, 0.15) is 30.4 Å². The minimum Gasteiger partial charge on any atom is -0.338 e. The molecule has 6 nitrogen and oxygen atoms in total. The average Bonchev–Trinajstić information content (AvgIpc) is 3.15. The predicted octanol–water partition coefficient (Wildman–Crippen LogP) is 4.75. The molecule has 0 radical (unpaired) electrons. The molecule has 1 heterocycles. The van der Waals surface area contributed by atoms with Gasteiger partial charge >= 0.3 is 6.03 Å². The highest BCUT2D eigenvalue weighted by molar-refractivity contribution is 5.89. The van der Waals surface area contributed by atoms with Gasteiger partial charge in [0.25, 0.3) is 5.89 Å². The molecule has 2 N–H and O–H groups in total. The van der Waals surface area contributed by atoms with Crippen LogP contribution >= 0.6 is 0 Å². The molecular formula is C21H22N4O2. The minimum atomic E-state index is -0.215. The van der Waals surface area contributed by atoms with Crippen molar-refractivity contribution in [3.63, 3.8) is 0 Å². The Balaban J connectivity index is 1.63. The molecule has 0 unspecified atom stereocenters. The molecule has 0 aliphatic heterocycles. The van der Waals surface area contributed by atoms with Gasteiger partial charge in [0.1, 0.15) is 0 Å². The van der Waals surface area contributed by atoms with E-state index in [1.54, 1.807) is 18.2 Å². The Kier molecular flexibility index (Phi) is 5.99. The van der Waals surface area contributed by atoms with Gasteiger partial charge in [-0.2, -0.15) is 4.98 Å². The summed E-state index contributed by atoms with van der Waals surface area (Å²) in [4.78, 5) is 16.0. The van der Waals surface area contributed by atoms with Crippen molar-refractivity contribution in [2.75, 3.05) is 11.9 Å². The third kappa shape index (κ3) is 5.28. The molecule has 1 aromatic heterocycles. The lowest BCUT2D eigenvalue weighted by atomic mass is 10.1. The summed E-state index contributed by atoms with van der Waals surface area (Å²) in [7, 11) is 0. The first-order valence-electron chi connectivity index (χ1n) is 8.88. The van der Waals surface area contributed by atoms with E-state index in [0.29, 0.717) is 23.9 Å². The fourth-order valence-corrected chi connectivity index (χ4v) is 2.38. The molecule has 0 saturated carbocycles. The number of urea groups is 1. The lowest BCUT2D eigenvalue weighted by molar-refractivity contribution is 0.252. The maximum absolute atomic E-state index is 11.7. The van der Waals surface area contributed by atoms with E-state index < -0.39 is 0 Å². The number of carbonyl (C=O) groups is 1. The van der Waals surface area contributed by atoms with Crippen LogP contribution in [-0.2, 0) is 0 Å². The molecule has 6 heteroatoms. The van der Waals surface area contributed by atoms with Gasteiger partial charge in [0.2, 0.25) is 5.82 Å². The zero-order valence-corrected chi connectivity index (χ0v) is 15.4. The van der Waals surface area contributed by atoms with E-state index in [0.717, 1.165) is 17.5 Å². The zero-order valence-electron chi connectivity index (χ0n) is 15.4. The summed E-state index contributed by atoms with van der Waals surface area (Å²) in [6.45, 7) is 4.70. The normalized spacial score (nSPS) is 10.9. The molecule has 0 atom stereocenters. The summed E-state index contributed by atoms with van der Waals surface area (Å²) in [6, 6.07) is 15.2. The molecule has 0 spiro atoms. The van der Waals surface area contributed by atoms with E-state index in [1.165, 1.54) is 5.56 Å². The number of amides is 2. The molecule has 0 aliphatic carbocycles. The van der Waals surface area contributed by atoms with Crippen molar-refractivity contribution < 1.29 is 9.32 Å². The molecule has 0 fully saturated rings. The number of aromatic nitrogens is 2. The number of anilines is 1. The van der Waals surface area contributed by atoms with Gasteiger partial charge in [-0.3, -0.25) is 0 Å². The van der Waals surface area contributed by atoms with Crippen molar-refractivity contribution in [1.29, 1.82) is 0 Å².